The zero-order valence-corrected chi connectivity index (χ0v) is 16.3. The van der Waals surface area contributed by atoms with E-state index in [4.69, 9.17) is 4.74 Å². The number of nitrogens with zero attached hydrogens (tertiary/aromatic N) is 1. The van der Waals surface area contributed by atoms with E-state index in [1.807, 2.05) is 0 Å². The molecule has 2 aliphatic rings. The van der Waals surface area contributed by atoms with Crippen LogP contribution in [0.4, 0.5) is 4.39 Å². The Kier molecular flexibility index (Phi) is 6.70. The van der Waals surface area contributed by atoms with Crippen molar-refractivity contribution in [3.05, 3.63) is 23.5 Å². The van der Waals surface area contributed by atoms with Gasteiger partial charge in [-0.15, -0.1) is 12.4 Å². The first kappa shape index (κ1) is 20.4. The van der Waals surface area contributed by atoms with Gasteiger partial charge in [0.25, 0.3) is 0 Å². The normalized spacial score (nSPS) is 19.5. The van der Waals surface area contributed by atoms with E-state index in [0.29, 0.717) is 19.1 Å². The average molecular weight is 393 g/mol. The molecule has 25 heavy (non-hydrogen) atoms. The Bertz CT molecular complexity index is 702. The van der Waals surface area contributed by atoms with Crippen molar-refractivity contribution in [2.75, 3.05) is 26.7 Å². The number of sulfonamides is 1. The van der Waals surface area contributed by atoms with Gasteiger partial charge in [-0.25, -0.2) is 12.8 Å². The highest BCUT2D eigenvalue weighted by atomic mass is 35.5. The topological polar surface area (TPSA) is 58.6 Å². The van der Waals surface area contributed by atoms with Crippen LogP contribution in [0.15, 0.2) is 17.0 Å². The second kappa shape index (κ2) is 8.20. The van der Waals surface area contributed by atoms with E-state index in [0.717, 1.165) is 25.3 Å². The summed E-state index contributed by atoms with van der Waals surface area (Å²) in [5.41, 5.74) is 0.114. The Hall–Kier alpha value is -0.890. The van der Waals surface area contributed by atoms with Gasteiger partial charge in [0.15, 0.2) is 11.6 Å². The largest absolute Gasteiger partial charge is 0.494 e. The number of piperidine rings is 1. The lowest BCUT2D eigenvalue weighted by atomic mass is 10.1. The van der Waals surface area contributed by atoms with Gasteiger partial charge in [-0.2, -0.15) is 4.31 Å². The van der Waals surface area contributed by atoms with Gasteiger partial charge in [0.2, 0.25) is 10.0 Å². The van der Waals surface area contributed by atoms with Crippen LogP contribution < -0.4 is 10.1 Å². The highest BCUT2D eigenvalue weighted by molar-refractivity contribution is 7.89. The number of nitrogens with one attached hydrogen (secondary N) is 1. The maximum absolute atomic E-state index is 14.2. The van der Waals surface area contributed by atoms with Crippen LogP contribution in [0.3, 0.4) is 0 Å². The number of rotatable bonds is 6. The molecule has 0 amide bonds. The number of methoxy groups -OCH3 is 1. The molecule has 8 heteroatoms. The minimum atomic E-state index is -3.67. The molecule has 1 N–H and O–H groups in total. The number of benzene rings is 1. The summed E-state index contributed by atoms with van der Waals surface area (Å²) in [6.07, 6.45) is 4.21. The van der Waals surface area contributed by atoms with Gasteiger partial charge in [-0.1, -0.05) is 0 Å². The molecule has 0 radical (unpaired) electrons. The third-order valence-corrected chi connectivity index (χ3v) is 7.03. The Labute approximate surface area is 155 Å². The Balaban J connectivity index is 0.00000225. The van der Waals surface area contributed by atoms with Crippen molar-refractivity contribution in [2.24, 2.45) is 5.92 Å². The molecule has 1 aliphatic heterocycles. The summed E-state index contributed by atoms with van der Waals surface area (Å²) in [7, 11) is -2.31. The summed E-state index contributed by atoms with van der Waals surface area (Å²) in [5, 5.41) is 3.53. The van der Waals surface area contributed by atoms with Crippen LogP contribution >= 0.6 is 12.4 Å². The maximum atomic E-state index is 14.2. The quantitative estimate of drug-likeness (QED) is 0.808. The maximum Gasteiger partial charge on any atom is 0.243 e. The summed E-state index contributed by atoms with van der Waals surface area (Å²) in [6, 6.07) is 3.19. The van der Waals surface area contributed by atoms with Gasteiger partial charge < -0.3 is 10.1 Å². The van der Waals surface area contributed by atoms with Crippen molar-refractivity contribution >= 4 is 22.4 Å². The molecule has 1 heterocycles. The molecule has 3 rings (SSSR count). The molecule has 1 aromatic rings. The predicted octanol–water partition coefficient (Wildman–Crippen LogP) is 2.72. The van der Waals surface area contributed by atoms with Crippen molar-refractivity contribution in [1.29, 1.82) is 0 Å². The van der Waals surface area contributed by atoms with Crippen molar-refractivity contribution in [3.63, 3.8) is 0 Å². The highest BCUT2D eigenvalue weighted by Gasteiger charge is 2.32. The predicted molar refractivity (Wildman–Crippen MR) is 97.4 cm³/mol. The first-order valence-electron chi connectivity index (χ1n) is 8.50. The zero-order valence-electron chi connectivity index (χ0n) is 14.6. The van der Waals surface area contributed by atoms with Gasteiger partial charge >= 0.3 is 0 Å². The van der Waals surface area contributed by atoms with Gasteiger partial charge in [0.05, 0.1) is 12.0 Å². The molecule has 0 aromatic heterocycles. The first-order valence-corrected chi connectivity index (χ1v) is 9.94. The number of ether oxygens (including phenoxy) is 1. The Morgan fingerprint density at radius 3 is 2.44 bits per heavy atom. The summed E-state index contributed by atoms with van der Waals surface area (Å²) >= 11 is 0. The van der Waals surface area contributed by atoms with E-state index in [9.17, 15) is 12.8 Å². The second-order valence-electron chi connectivity index (χ2n) is 6.73. The Morgan fingerprint density at radius 2 is 1.88 bits per heavy atom. The fraction of sp³-hybridized carbons (Fsp3) is 0.647. The lowest BCUT2D eigenvalue weighted by Gasteiger charge is -2.32. The smallest absolute Gasteiger partial charge is 0.243 e. The lowest BCUT2D eigenvalue weighted by Crippen LogP contribution is -2.45. The van der Waals surface area contributed by atoms with Crippen molar-refractivity contribution in [3.8, 4) is 5.75 Å². The molecule has 2 fully saturated rings. The van der Waals surface area contributed by atoms with E-state index in [1.165, 1.54) is 43.3 Å². The standard InChI is InChI=1S/C17H25FN2O3S.ClH/c1-12-16(6-5-15(23-2)17(12)18)24(21,22)20-9-7-14(8-10-20)19-11-13-3-4-13;/h5-6,13-14,19H,3-4,7-11H2,1-2H3;1H. The fourth-order valence-corrected chi connectivity index (χ4v) is 4.86. The van der Waals surface area contributed by atoms with E-state index in [-0.39, 0.29) is 28.6 Å². The molecule has 142 valence electrons. The number of halogens is 2. The molecule has 0 unspecified atom stereocenters. The average Bonchev–Trinajstić information content (AvgIpc) is 3.40. The van der Waals surface area contributed by atoms with E-state index in [2.05, 4.69) is 5.32 Å². The molecule has 0 bridgehead atoms. The molecule has 1 saturated carbocycles. The number of hydrogen-bond donors (Lipinski definition) is 1. The lowest BCUT2D eigenvalue weighted by molar-refractivity contribution is 0.287. The first-order chi connectivity index (χ1) is 11.4. The number of hydrogen-bond acceptors (Lipinski definition) is 4. The van der Waals surface area contributed by atoms with Crippen molar-refractivity contribution in [2.45, 2.75) is 43.5 Å². The highest BCUT2D eigenvalue weighted by Crippen LogP contribution is 2.30. The van der Waals surface area contributed by atoms with E-state index in [1.54, 1.807) is 0 Å². The minimum Gasteiger partial charge on any atom is -0.494 e. The van der Waals surface area contributed by atoms with E-state index < -0.39 is 15.8 Å². The van der Waals surface area contributed by atoms with Crippen LogP contribution in [0.5, 0.6) is 5.75 Å². The molecule has 1 aliphatic carbocycles. The van der Waals surface area contributed by atoms with Crippen LogP contribution in [0.2, 0.25) is 0 Å². The summed E-state index contributed by atoms with van der Waals surface area (Å²) in [4.78, 5) is 0.0326. The van der Waals surface area contributed by atoms with E-state index >= 15 is 0 Å². The third-order valence-electron chi connectivity index (χ3n) is 4.99. The fourth-order valence-electron chi connectivity index (χ4n) is 3.17. The SMILES string of the molecule is COc1ccc(S(=O)(=O)N2CCC(NCC3CC3)CC2)c(C)c1F.Cl. The van der Waals surface area contributed by atoms with Crippen molar-refractivity contribution in [1.82, 2.24) is 9.62 Å². The monoisotopic (exact) mass is 392 g/mol. The minimum absolute atomic E-state index is 0. The Morgan fingerprint density at radius 1 is 1.24 bits per heavy atom. The van der Waals surface area contributed by atoms with Crippen LogP contribution in [-0.4, -0.2) is 45.5 Å². The molecule has 5 nitrogen and oxygen atoms in total. The second-order valence-corrected chi connectivity index (χ2v) is 8.64. The van der Waals surface area contributed by atoms with Gasteiger partial charge in [0, 0.05) is 24.7 Å². The van der Waals surface area contributed by atoms with Gasteiger partial charge in [-0.3, -0.25) is 0 Å². The molecule has 1 saturated heterocycles. The molecular weight excluding hydrogens is 367 g/mol. The van der Waals surface area contributed by atoms with Crippen LogP contribution in [0.25, 0.3) is 0 Å². The van der Waals surface area contributed by atoms with Crippen LogP contribution in [0, 0.1) is 18.7 Å². The molecular formula is C17H26ClFN2O3S. The molecule has 0 spiro atoms. The summed E-state index contributed by atoms with van der Waals surface area (Å²) in [5.74, 6) is 0.269. The van der Waals surface area contributed by atoms with Crippen molar-refractivity contribution < 1.29 is 17.5 Å². The third kappa shape index (κ3) is 4.45. The van der Waals surface area contributed by atoms with Gasteiger partial charge in [0.1, 0.15) is 0 Å². The summed E-state index contributed by atoms with van der Waals surface area (Å²) in [6.45, 7) is 3.46. The molecule has 1 aromatic carbocycles. The molecule has 0 atom stereocenters. The van der Waals surface area contributed by atoms with Gasteiger partial charge in [-0.05, 0) is 57.2 Å². The summed E-state index contributed by atoms with van der Waals surface area (Å²) < 4.78 is 46.2. The van der Waals surface area contributed by atoms with Crippen LogP contribution in [0.1, 0.15) is 31.2 Å². The van der Waals surface area contributed by atoms with Crippen LogP contribution in [-0.2, 0) is 10.0 Å². The zero-order chi connectivity index (χ0) is 17.3.